The summed E-state index contributed by atoms with van der Waals surface area (Å²) in [7, 11) is 0. The van der Waals surface area contributed by atoms with Gasteiger partial charge in [0, 0.05) is 6.54 Å². The lowest BCUT2D eigenvalue weighted by molar-refractivity contribution is 0.311. The van der Waals surface area contributed by atoms with E-state index < -0.39 is 0 Å². The van der Waals surface area contributed by atoms with E-state index in [4.69, 9.17) is 17.0 Å². The van der Waals surface area contributed by atoms with Gasteiger partial charge in [0.2, 0.25) is 0 Å². The fraction of sp³-hybridized carbons (Fsp3) is 0.588. The summed E-state index contributed by atoms with van der Waals surface area (Å²) in [6.07, 6.45) is 3.63. The van der Waals surface area contributed by atoms with Crippen molar-refractivity contribution in [3.05, 3.63) is 23.0 Å². The number of nitrogens with zero attached hydrogens (tertiary/aromatic N) is 1. The lowest BCUT2D eigenvalue weighted by Crippen LogP contribution is -2.17. The average Bonchev–Trinajstić information content (AvgIpc) is 3.18. The second kappa shape index (κ2) is 5.48. The van der Waals surface area contributed by atoms with Crippen molar-refractivity contribution in [2.45, 2.75) is 46.6 Å². The number of fused-ring (bicyclic) bond motifs is 1. The number of ether oxygens (including phenoxy) is 1. The van der Waals surface area contributed by atoms with Gasteiger partial charge in [0.1, 0.15) is 11.3 Å². The molecule has 21 heavy (non-hydrogen) atoms. The van der Waals surface area contributed by atoms with Crippen LogP contribution in [-0.2, 0) is 6.54 Å². The molecule has 1 N–H and O–H groups in total. The Morgan fingerprint density at radius 3 is 2.76 bits per heavy atom. The van der Waals surface area contributed by atoms with Crippen LogP contribution >= 0.6 is 12.2 Å². The predicted octanol–water partition coefficient (Wildman–Crippen LogP) is 4.92. The molecule has 0 aliphatic heterocycles. The molecule has 0 bridgehead atoms. The third-order valence-electron chi connectivity index (χ3n) is 4.82. The highest BCUT2D eigenvalue weighted by molar-refractivity contribution is 7.71. The highest BCUT2D eigenvalue weighted by atomic mass is 32.1. The second-order valence-corrected chi connectivity index (χ2v) is 6.92. The van der Waals surface area contributed by atoms with Gasteiger partial charge >= 0.3 is 0 Å². The summed E-state index contributed by atoms with van der Waals surface area (Å²) in [4.78, 5) is 3.35. The number of aromatic amines is 1. The molecule has 0 amide bonds. The molecule has 0 saturated heterocycles. The first kappa shape index (κ1) is 14.6. The predicted molar refractivity (Wildman–Crippen MR) is 89.4 cm³/mol. The van der Waals surface area contributed by atoms with Gasteiger partial charge in [0.25, 0.3) is 0 Å². The number of benzene rings is 1. The average molecular weight is 304 g/mol. The van der Waals surface area contributed by atoms with E-state index in [2.05, 4.69) is 42.5 Å². The Kier molecular flexibility index (Phi) is 3.82. The van der Waals surface area contributed by atoms with Gasteiger partial charge in [-0.1, -0.05) is 26.8 Å². The third-order valence-corrected chi connectivity index (χ3v) is 5.15. The number of aromatic nitrogens is 2. The molecule has 1 aromatic carbocycles. The lowest BCUT2D eigenvalue weighted by atomic mass is 9.92. The molecule has 0 atom stereocenters. The third kappa shape index (κ3) is 2.61. The minimum Gasteiger partial charge on any atom is -0.491 e. The largest absolute Gasteiger partial charge is 0.491 e. The summed E-state index contributed by atoms with van der Waals surface area (Å²) in [5.74, 6) is 1.61. The molecule has 1 aliphatic rings. The number of imidazole rings is 1. The zero-order chi connectivity index (χ0) is 15.0. The van der Waals surface area contributed by atoms with E-state index in [0.717, 1.165) is 35.6 Å². The fourth-order valence-corrected chi connectivity index (χ4v) is 3.30. The van der Waals surface area contributed by atoms with Crippen LogP contribution in [0.4, 0.5) is 0 Å². The van der Waals surface area contributed by atoms with E-state index in [0.29, 0.717) is 11.3 Å². The number of rotatable bonds is 6. The van der Waals surface area contributed by atoms with Crippen LogP contribution in [0.3, 0.4) is 0 Å². The first-order valence-corrected chi connectivity index (χ1v) is 8.32. The Bertz CT molecular complexity index is 694. The summed E-state index contributed by atoms with van der Waals surface area (Å²) in [6.45, 7) is 8.51. The Balaban J connectivity index is 2.00. The fourth-order valence-electron chi connectivity index (χ4n) is 3.04. The van der Waals surface area contributed by atoms with Crippen LogP contribution in [-0.4, -0.2) is 16.2 Å². The number of nitrogens with one attached hydrogen (secondary N) is 1. The highest BCUT2D eigenvalue weighted by Gasteiger charge is 2.45. The maximum Gasteiger partial charge on any atom is 0.178 e. The van der Waals surface area contributed by atoms with Crippen LogP contribution < -0.4 is 4.74 Å². The van der Waals surface area contributed by atoms with Crippen LogP contribution in [0, 0.1) is 16.1 Å². The van der Waals surface area contributed by atoms with Gasteiger partial charge in [-0.15, -0.1) is 0 Å². The molecule has 0 radical (unpaired) electrons. The van der Waals surface area contributed by atoms with Crippen molar-refractivity contribution in [3.8, 4) is 5.75 Å². The van der Waals surface area contributed by atoms with Crippen molar-refractivity contribution in [1.82, 2.24) is 9.55 Å². The first-order valence-electron chi connectivity index (χ1n) is 7.92. The van der Waals surface area contributed by atoms with Gasteiger partial charge in [0.05, 0.1) is 12.1 Å². The van der Waals surface area contributed by atoms with Crippen molar-refractivity contribution < 1.29 is 4.74 Å². The second-order valence-electron chi connectivity index (χ2n) is 6.53. The summed E-state index contributed by atoms with van der Waals surface area (Å²) < 4.78 is 8.91. The van der Waals surface area contributed by atoms with Crippen molar-refractivity contribution >= 4 is 23.3 Å². The maximum atomic E-state index is 5.84. The van der Waals surface area contributed by atoms with Gasteiger partial charge in [-0.05, 0) is 54.9 Å². The molecule has 1 fully saturated rings. The van der Waals surface area contributed by atoms with Gasteiger partial charge in [-0.25, -0.2) is 0 Å². The SMILES string of the molecule is CCCOc1cccc2c1[nH]c(=S)n2CC1(C(C)C)CC1. The molecule has 0 unspecified atom stereocenters. The van der Waals surface area contributed by atoms with E-state index in [-0.39, 0.29) is 0 Å². The normalized spacial score (nSPS) is 16.6. The Morgan fingerprint density at radius 1 is 1.38 bits per heavy atom. The summed E-state index contributed by atoms with van der Waals surface area (Å²) >= 11 is 5.56. The van der Waals surface area contributed by atoms with Gasteiger partial charge < -0.3 is 14.3 Å². The molecular formula is C17H24N2OS. The van der Waals surface area contributed by atoms with Crippen LogP contribution in [0.2, 0.25) is 0 Å². The summed E-state index contributed by atoms with van der Waals surface area (Å²) in [5, 5.41) is 0. The molecule has 0 spiro atoms. The molecule has 114 valence electrons. The number of H-pyrrole nitrogens is 1. The zero-order valence-corrected chi connectivity index (χ0v) is 13.9. The zero-order valence-electron chi connectivity index (χ0n) is 13.1. The number of para-hydroxylation sites is 1. The van der Waals surface area contributed by atoms with Crippen molar-refractivity contribution in [2.24, 2.45) is 11.3 Å². The Morgan fingerprint density at radius 2 is 2.14 bits per heavy atom. The van der Waals surface area contributed by atoms with Gasteiger partial charge in [-0.3, -0.25) is 0 Å². The van der Waals surface area contributed by atoms with Gasteiger partial charge in [0.15, 0.2) is 4.77 Å². The molecule has 1 aliphatic carbocycles. The van der Waals surface area contributed by atoms with Crippen molar-refractivity contribution in [2.75, 3.05) is 6.61 Å². The van der Waals surface area contributed by atoms with E-state index in [1.54, 1.807) is 0 Å². The molecule has 1 saturated carbocycles. The summed E-state index contributed by atoms with van der Waals surface area (Å²) in [6, 6.07) is 6.21. The molecule has 4 heteroatoms. The standard InChI is InChI=1S/C17H24N2OS/c1-4-10-20-14-7-5-6-13-15(14)18-16(21)19(13)11-17(8-9-17)12(2)3/h5-7,12H,4,8-11H2,1-3H3,(H,18,21). The van der Waals surface area contributed by atoms with Crippen LogP contribution in [0.1, 0.15) is 40.0 Å². The van der Waals surface area contributed by atoms with Crippen LogP contribution in [0.5, 0.6) is 5.75 Å². The molecule has 2 aromatic rings. The van der Waals surface area contributed by atoms with E-state index in [9.17, 15) is 0 Å². The molecule has 3 rings (SSSR count). The highest BCUT2D eigenvalue weighted by Crippen LogP contribution is 2.53. The maximum absolute atomic E-state index is 5.84. The van der Waals surface area contributed by atoms with E-state index in [1.165, 1.54) is 18.4 Å². The van der Waals surface area contributed by atoms with Crippen LogP contribution in [0.25, 0.3) is 11.0 Å². The molecular weight excluding hydrogens is 280 g/mol. The topological polar surface area (TPSA) is 29.9 Å². The monoisotopic (exact) mass is 304 g/mol. The Hall–Kier alpha value is -1.29. The smallest absolute Gasteiger partial charge is 0.178 e. The van der Waals surface area contributed by atoms with Crippen LogP contribution in [0.15, 0.2) is 18.2 Å². The quantitative estimate of drug-likeness (QED) is 0.767. The lowest BCUT2D eigenvalue weighted by Gasteiger charge is -2.20. The van der Waals surface area contributed by atoms with E-state index >= 15 is 0 Å². The molecule has 1 heterocycles. The number of hydrogen-bond donors (Lipinski definition) is 1. The van der Waals surface area contributed by atoms with Crippen molar-refractivity contribution in [1.29, 1.82) is 0 Å². The molecule has 3 nitrogen and oxygen atoms in total. The number of hydrogen-bond acceptors (Lipinski definition) is 2. The van der Waals surface area contributed by atoms with Crippen molar-refractivity contribution in [3.63, 3.8) is 0 Å². The molecule has 1 aromatic heterocycles. The summed E-state index contributed by atoms with van der Waals surface area (Å²) in [5.41, 5.74) is 2.64. The minimum atomic E-state index is 0.438. The van der Waals surface area contributed by atoms with Gasteiger partial charge in [-0.2, -0.15) is 0 Å². The first-order chi connectivity index (χ1) is 10.1. The minimum absolute atomic E-state index is 0.438. The Labute approximate surface area is 131 Å². The van der Waals surface area contributed by atoms with E-state index in [1.807, 2.05) is 6.07 Å².